The lowest BCUT2D eigenvalue weighted by Gasteiger charge is -2.35. The molecule has 1 aromatic carbocycles. The van der Waals surface area contributed by atoms with Crippen molar-refractivity contribution in [1.29, 1.82) is 0 Å². The molecule has 0 bridgehead atoms. The molecule has 1 aromatic heterocycles. The van der Waals surface area contributed by atoms with Crippen LogP contribution in [0.25, 0.3) is 10.4 Å². The monoisotopic (exact) mass is 616 g/mol. The fourth-order valence-corrected chi connectivity index (χ4v) is 5.77. The van der Waals surface area contributed by atoms with Crippen LogP contribution in [0.5, 0.6) is 0 Å². The van der Waals surface area contributed by atoms with Gasteiger partial charge in [-0.15, -0.1) is 11.3 Å². The molecule has 236 valence electrons. The van der Waals surface area contributed by atoms with Crippen molar-refractivity contribution in [3.63, 3.8) is 0 Å². The zero-order valence-corrected chi connectivity index (χ0v) is 26.7. The number of carbonyl (C=O) groups is 4. The van der Waals surface area contributed by atoms with E-state index in [1.165, 1.54) is 12.0 Å². The van der Waals surface area contributed by atoms with Crippen molar-refractivity contribution in [3.8, 4) is 10.4 Å². The van der Waals surface area contributed by atoms with Gasteiger partial charge >= 0.3 is 5.97 Å². The molecule has 2 aromatic rings. The standard InChI is InChI=1S/C31H44N4O7S/c1-19(21-10-12-22(13-11-21)27-20(2)32-18-43-27)33-29(39)24-15-23(36)16-35(24)30(40)28(31(3,4)5)34-25(37)17-42-14-8-7-9-26(38)41-6/h10-13,18-19,23-24,28,36H,7-9,14-17H2,1-6H3,(H,33,39)(H,34,37)/t19?,23-,24+,28?/m1/s1. The Labute approximate surface area is 257 Å². The molecule has 1 saturated heterocycles. The van der Waals surface area contributed by atoms with Crippen LogP contribution in [0, 0.1) is 12.3 Å². The summed E-state index contributed by atoms with van der Waals surface area (Å²) in [4.78, 5) is 57.8. The Balaban J connectivity index is 1.60. The van der Waals surface area contributed by atoms with Crippen molar-refractivity contribution in [2.45, 2.75) is 84.5 Å². The summed E-state index contributed by atoms with van der Waals surface area (Å²) in [5.74, 6) is -1.57. The summed E-state index contributed by atoms with van der Waals surface area (Å²) < 4.78 is 10.0. The van der Waals surface area contributed by atoms with Crippen LogP contribution >= 0.6 is 11.3 Å². The minimum absolute atomic E-state index is 0.00660. The van der Waals surface area contributed by atoms with Crippen molar-refractivity contribution in [2.75, 3.05) is 26.9 Å². The Morgan fingerprint density at radius 3 is 2.44 bits per heavy atom. The first-order valence-corrected chi connectivity index (χ1v) is 15.4. The Hall–Kier alpha value is -3.35. The molecule has 1 aliphatic rings. The Kier molecular flexibility index (Phi) is 12.2. The molecule has 43 heavy (non-hydrogen) atoms. The number of benzene rings is 1. The van der Waals surface area contributed by atoms with E-state index in [2.05, 4.69) is 20.4 Å². The summed E-state index contributed by atoms with van der Waals surface area (Å²) in [5, 5.41) is 16.2. The summed E-state index contributed by atoms with van der Waals surface area (Å²) in [7, 11) is 1.33. The molecule has 3 N–H and O–H groups in total. The molecular weight excluding hydrogens is 572 g/mol. The lowest BCUT2D eigenvalue weighted by Crippen LogP contribution is -2.58. The van der Waals surface area contributed by atoms with Gasteiger partial charge in [-0.05, 0) is 43.2 Å². The first-order valence-electron chi connectivity index (χ1n) is 14.5. The van der Waals surface area contributed by atoms with E-state index in [1.807, 2.05) is 64.4 Å². The third kappa shape index (κ3) is 9.57. The summed E-state index contributed by atoms with van der Waals surface area (Å²) >= 11 is 1.57. The van der Waals surface area contributed by atoms with Crippen LogP contribution in [0.4, 0.5) is 0 Å². The van der Waals surface area contributed by atoms with E-state index in [9.17, 15) is 24.3 Å². The molecule has 2 unspecified atom stereocenters. The normalized spacial score (nSPS) is 18.2. The number of carbonyl (C=O) groups excluding carboxylic acids is 4. The maximum atomic E-state index is 13.8. The second-order valence-corrected chi connectivity index (χ2v) is 12.8. The maximum absolute atomic E-state index is 13.8. The number of aliphatic hydroxyl groups excluding tert-OH is 1. The van der Waals surface area contributed by atoms with Gasteiger partial charge in [-0.3, -0.25) is 19.2 Å². The van der Waals surface area contributed by atoms with Gasteiger partial charge in [0.1, 0.15) is 18.7 Å². The lowest BCUT2D eigenvalue weighted by molar-refractivity contribution is -0.144. The molecule has 0 radical (unpaired) electrons. The third-order valence-corrected chi connectivity index (χ3v) is 8.42. The fraction of sp³-hybridized carbons (Fsp3) is 0.581. The number of nitrogens with zero attached hydrogens (tertiary/aromatic N) is 2. The molecule has 0 saturated carbocycles. The Morgan fingerprint density at radius 1 is 1.14 bits per heavy atom. The van der Waals surface area contributed by atoms with E-state index in [0.717, 1.165) is 21.7 Å². The maximum Gasteiger partial charge on any atom is 0.305 e. The van der Waals surface area contributed by atoms with E-state index in [4.69, 9.17) is 4.74 Å². The van der Waals surface area contributed by atoms with Crippen molar-refractivity contribution in [2.24, 2.45) is 5.41 Å². The van der Waals surface area contributed by atoms with Crippen molar-refractivity contribution >= 4 is 35.0 Å². The number of β-amino-alcohol motifs (C(OH)–C–C–N with tert-alkyl or cyclic N) is 1. The second-order valence-electron chi connectivity index (χ2n) is 12.0. The van der Waals surface area contributed by atoms with Gasteiger partial charge < -0.3 is 30.1 Å². The smallest absolute Gasteiger partial charge is 0.305 e. The number of rotatable bonds is 13. The summed E-state index contributed by atoms with van der Waals surface area (Å²) in [6.07, 6.45) is 0.686. The van der Waals surface area contributed by atoms with Crippen molar-refractivity contribution in [3.05, 3.63) is 41.0 Å². The minimum atomic E-state index is -0.941. The van der Waals surface area contributed by atoms with Crippen LogP contribution in [-0.4, -0.2) is 83.7 Å². The molecule has 4 atom stereocenters. The van der Waals surface area contributed by atoms with Gasteiger partial charge in [0.25, 0.3) is 0 Å². The minimum Gasteiger partial charge on any atom is -0.469 e. The SMILES string of the molecule is COC(=O)CCCCOCC(=O)NC(C(=O)N1C[C@H](O)C[C@H]1C(=O)NC(C)c1ccc(-c2scnc2C)cc1)C(C)(C)C. The van der Waals surface area contributed by atoms with E-state index in [0.29, 0.717) is 12.8 Å². The summed E-state index contributed by atoms with van der Waals surface area (Å²) in [6, 6.07) is 5.76. The summed E-state index contributed by atoms with van der Waals surface area (Å²) in [6.45, 7) is 9.34. The average molecular weight is 617 g/mol. The number of methoxy groups -OCH3 is 1. The van der Waals surface area contributed by atoms with Crippen LogP contribution in [0.1, 0.15) is 70.7 Å². The van der Waals surface area contributed by atoms with E-state index < -0.39 is 35.4 Å². The van der Waals surface area contributed by atoms with Crippen LogP contribution in [0.3, 0.4) is 0 Å². The number of unbranched alkanes of at least 4 members (excludes halogenated alkanes) is 1. The number of hydrogen-bond acceptors (Lipinski definition) is 9. The van der Waals surface area contributed by atoms with Gasteiger partial charge in [0.2, 0.25) is 17.7 Å². The number of nitrogens with one attached hydrogen (secondary N) is 2. The molecule has 3 amide bonds. The van der Waals surface area contributed by atoms with Crippen LogP contribution < -0.4 is 10.6 Å². The van der Waals surface area contributed by atoms with Gasteiger partial charge in [0, 0.05) is 26.0 Å². The van der Waals surface area contributed by atoms with Gasteiger partial charge in [-0.1, -0.05) is 45.0 Å². The van der Waals surface area contributed by atoms with E-state index in [-0.39, 0.29) is 50.5 Å². The molecule has 3 rings (SSSR count). The number of likely N-dealkylation sites (tertiary alicyclic amines) is 1. The molecule has 1 aliphatic heterocycles. The molecule has 0 spiro atoms. The van der Waals surface area contributed by atoms with Crippen molar-refractivity contribution in [1.82, 2.24) is 20.5 Å². The zero-order chi connectivity index (χ0) is 31.7. The van der Waals surface area contributed by atoms with Crippen LogP contribution in [0.15, 0.2) is 29.8 Å². The van der Waals surface area contributed by atoms with E-state index in [1.54, 1.807) is 11.3 Å². The second kappa shape index (κ2) is 15.4. The highest BCUT2D eigenvalue weighted by Gasteiger charge is 2.44. The fourth-order valence-electron chi connectivity index (χ4n) is 4.96. The predicted molar refractivity (Wildman–Crippen MR) is 163 cm³/mol. The number of esters is 1. The highest BCUT2D eigenvalue weighted by molar-refractivity contribution is 7.13. The summed E-state index contributed by atoms with van der Waals surface area (Å²) in [5.41, 5.74) is 4.06. The average Bonchev–Trinajstić information content (AvgIpc) is 3.57. The number of aromatic nitrogens is 1. The van der Waals surface area contributed by atoms with Crippen LogP contribution in [-0.2, 0) is 28.7 Å². The number of hydrogen-bond donors (Lipinski definition) is 3. The first-order chi connectivity index (χ1) is 20.3. The van der Waals surface area contributed by atoms with Crippen molar-refractivity contribution < 1.29 is 33.8 Å². The van der Waals surface area contributed by atoms with Gasteiger partial charge in [-0.25, -0.2) is 4.98 Å². The zero-order valence-electron chi connectivity index (χ0n) is 25.8. The number of aryl methyl sites for hydroxylation is 1. The highest BCUT2D eigenvalue weighted by Crippen LogP contribution is 2.29. The molecule has 11 nitrogen and oxygen atoms in total. The predicted octanol–water partition coefficient (Wildman–Crippen LogP) is 3.15. The van der Waals surface area contributed by atoms with Gasteiger partial charge in [-0.2, -0.15) is 0 Å². The molecular formula is C31H44N4O7S. The number of aliphatic hydroxyl groups is 1. The molecule has 0 aliphatic carbocycles. The first kappa shape index (κ1) is 34.1. The quantitative estimate of drug-likeness (QED) is 0.230. The van der Waals surface area contributed by atoms with Gasteiger partial charge in [0.15, 0.2) is 0 Å². The Bertz CT molecular complexity index is 1260. The number of thiazole rings is 1. The molecule has 12 heteroatoms. The molecule has 1 fully saturated rings. The Morgan fingerprint density at radius 2 is 1.84 bits per heavy atom. The lowest BCUT2D eigenvalue weighted by atomic mass is 9.85. The van der Waals surface area contributed by atoms with E-state index >= 15 is 0 Å². The van der Waals surface area contributed by atoms with Crippen LogP contribution in [0.2, 0.25) is 0 Å². The highest BCUT2D eigenvalue weighted by atomic mass is 32.1. The topological polar surface area (TPSA) is 147 Å². The molecule has 2 heterocycles. The third-order valence-electron chi connectivity index (χ3n) is 7.44. The number of ether oxygens (including phenoxy) is 2. The van der Waals surface area contributed by atoms with Gasteiger partial charge in [0.05, 0.1) is 35.3 Å². The number of amides is 3. The largest absolute Gasteiger partial charge is 0.469 e.